The molecule has 0 unspecified atom stereocenters. The standard InChI is InChI=1S/C21H16BrN3O2S/c22-17-10-7-11-18(14-17)24-28(26,27)20-15-25(19-12-5-2-6-13-19)23-21(20)16-8-3-1-4-9-16/h1-15,24H. The zero-order valence-corrected chi connectivity index (χ0v) is 17.1. The second kappa shape index (κ2) is 7.61. The first kappa shape index (κ1) is 18.5. The van der Waals surface area contributed by atoms with Gasteiger partial charge in [0.1, 0.15) is 10.6 Å². The van der Waals surface area contributed by atoms with E-state index in [1.165, 1.54) is 6.20 Å². The molecular formula is C21H16BrN3O2S. The Kier molecular flexibility index (Phi) is 5.02. The van der Waals surface area contributed by atoms with Crippen LogP contribution in [0.15, 0.2) is 100 Å². The lowest BCUT2D eigenvalue weighted by Gasteiger charge is -2.08. The van der Waals surface area contributed by atoms with Crippen LogP contribution in [0, 0.1) is 0 Å². The summed E-state index contributed by atoms with van der Waals surface area (Å²) in [5.74, 6) is 0. The predicted molar refractivity (Wildman–Crippen MR) is 114 cm³/mol. The molecule has 0 bridgehead atoms. The van der Waals surface area contributed by atoms with E-state index in [0.717, 1.165) is 15.7 Å². The quantitative estimate of drug-likeness (QED) is 0.456. The Morgan fingerprint density at radius 1 is 0.857 bits per heavy atom. The number of rotatable bonds is 5. The highest BCUT2D eigenvalue weighted by Gasteiger charge is 2.24. The van der Waals surface area contributed by atoms with Crippen molar-refractivity contribution in [3.63, 3.8) is 0 Å². The molecule has 0 spiro atoms. The van der Waals surface area contributed by atoms with Crippen molar-refractivity contribution in [1.29, 1.82) is 0 Å². The van der Waals surface area contributed by atoms with Crippen molar-refractivity contribution in [2.75, 3.05) is 4.72 Å². The fourth-order valence-corrected chi connectivity index (χ4v) is 4.42. The smallest absolute Gasteiger partial charge is 0.265 e. The Hall–Kier alpha value is -2.90. The average molecular weight is 454 g/mol. The molecule has 0 atom stereocenters. The van der Waals surface area contributed by atoms with Crippen LogP contribution in [0.2, 0.25) is 0 Å². The van der Waals surface area contributed by atoms with Gasteiger partial charge in [-0.15, -0.1) is 0 Å². The second-order valence-corrected chi connectivity index (χ2v) is 8.67. The van der Waals surface area contributed by atoms with Gasteiger partial charge in [-0.2, -0.15) is 5.10 Å². The maximum absolute atomic E-state index is 13.2. The number of hydrogen-bond acceptors (Lipinski definition) is 3. The zero-order valence-electron chi connectivity index (χ0n) is 14.7. The largest absolute Gasteiger partial charge is 0.279 e. The summed E-state index contributed by atoms with van der Waals surface area (Å²) in [7, 11) is -3.85. The molecule has 140 valence electrons. The molecule has 7 heteroatoms. The first-order valence-electron chi connectivity index (χ1n) is 8.52. The number of para-hydroxylation sites is 1. The van der Waals surface area contributed by atoms with Crippen LogP contribution in [-0.2, 0) is 10.0 Å². The van der Waals surface area contributed by atoms with E-state index in [-0.39, 0.29) is 4.90 Å². The Balaban J connectivity index is 1.83. The van der Waals surface area contributed by atoms with E-state index < -0.39 is 10.0 Å². The molecule has 0 aliphatic heterocycles. The lowest BCUT2D eigenvalue weighted by Crippen LogP contribution is -2.13. The Morgan fingerprint density at radius 2 is 1.54 bits per heavy atom. The number of halogens is 1. The van der Waals surface area contributed by atoms with Crippen molar-refractivity contribution in [2.45, 2.75) is 4.90 Å². The van der Waals surface area contributed by atoms with Gasteiger partial charge in [-0.3, -0.25) is 4.72 Å². The van der Waals surface area contributed by atoms with Crippen LogP contribution < -0.4 is 4.72 Å². The molecule has 28 heavy (non-hydrogen) atoms. The fraction of sp³-hybridized carbons (Fsp3) is 0. The first-order chi connectivity index (χ1) is 13.5. The summed E-state index contributed by atoms with van der Waals surface area (Å²) in [6.07, 6.45) is 1.54. The van der Waals surface area contributed by atoms with Gasteiger partial charge in [0.2, 0.25) is 0 Å². The van der Waals surface area contributed by atoms with E-state index in [4.69, 9.17) is 0 Å². The summed E-state index contributed by atoms with van der Waals surface area (Å²) in [6.45, 7) is 0. The minimum absolute atomic E-state index is 0.113. The van der Waals surface area contributed by atoms with Crippen molar-refractivity contribution in [3.05, 3.63) is 95.6 Å². The number of hydrogen-bond donors (Lipinski definition) is 1. The van der Waals surface area contributed by atoms with E-state index >= 15 is 0 Å². The van der Waals surface area contributed by atoms with E-state index in [1.54, 1.807) is 22.9 Å². The molecule has 1 aromatic heterocycles. The first-order valence-corrected chi connectivity index (χ1v) is 10.8. The molecule has 4 rings (SSSR count). The van der Waals surface area contributed by atoms with E-state index in [9.17, 15) is 8.42 Å². The van der Waals surface area contributed by atoms with Crippen LogP contribution in [0.3, 0.4) is 0 Å². The highest BCUT2D eigenvalue weighted by Crippen LogP contribution is 2.29. The van der Waals surface area contributed by atoms with E-state index in [2.05, 4.69) is 25.8 Å². The van der Waals surface area contributed by atoms with Gasteiger partial charge in [-0.1, -0.05) is 70.5 Å². The van der Waals surface area contributed by atoms with Crippen LogP contribution in [-0.4, -0.2) is 18.2 Å². The number of anilines is 1. The molecule has 0 radical (unpaired) electrons. The minimum atomic E-state index is -3.85. The number of nitrogens with zero attached hydrogens (tertiary/aromatic N) is 2. The zero-order chi connectivity index (χ0) is 19.6. The third-order valence-corrected chi connectivity index (χ3v) is 5.99. The Bertz CT molecular complexity index is 1210. The van der Waals surface area contributed by atoms with Crippen LogP contribution in [0.5, 0.6) is 0 Å². The lowest BCUT2D eigenvalue weighted by molar-refractivity contribution is 0.601. The average Bonchev–Trinajstić information content (AvgIpc) is 3.16. The minimum Gasteiger partial charge on any atom is -0.279 e. The van der Waals surface area contributed by atoms with Crippen molar-refractivity contribution in [2.24, 2.45) is 0 Å². The molecule has 3 aromatic carbocycles. The molecule has 0 amide bonds. The van der Waals surface area contributed by atoms with Gasteiger partial charge in [0.05, 0.1) is 11.9 Å². The van der Waals surface area contributed by atoms with Crippen LogP contribution in [0.4, 0.5) is 5.69 Å². The van der Waals surface area contributed by atoms with Crippen molar-refractivity contribution in [1.82, 2.24) is 9.78 Å². The fourth-order valence-electron chi connectivity index (χ4n) is 2.83. The molecule has 0 fully saturated rings. The highest BCUT2D eigenvalue weighted by molar-refractivity contribution is 9.10. The molecule has 5 nitrogen and oxygen atoms in total. The number of benzene rings is 3. The summed E-state index contributed by atoms with van der Waals surface area (Å²) in [6, 6.07) is 25.7. The van der Waals surface area contributed by atoms with Gasteiger partial charge < -0.3 is 0 Å². The molecule has 0 aliphatic carbocycles. The third-order valence-electron chi connectivity index (χ3n) is 4.11. The van der Waals surface area contributed by atoms with Crippen molar-refractivity contribution < 1.29 is 8.42 Å². The maximum atomic E-state index is 13.2. The van der Waals surface area contributed by atoms with E-state index in [0.29, 0.717) is 11.4 Å². The monoisotopic (exact) mass is 453 g/mol. The third kappa shape index (κ3) is 3.85. The van der Waals surface area contributed by atoms with Gasteiger partial charge in [0.25, 0.3) is 10.0 Å². The van der Waals surface area contributed by atoms with Gasteiger partial charge in [0.15, 0.2) is 0 Å². The molecule has 1 heterocycles. The van der Waals surface area contributed by atoms with Crippen molar-refractivity contribution in [3.8, 4) is 16.9 Å². The summed E-state index contributed by atoms with van der Waals surface area (Å²) in [5, 5.41) is 4.56. The summed E-state index contributed by atoms with van der Waals surface area (Å²) in [4.78, 5) is 0.113. The molecule has 1 N–H and O–H groups in total. The van der Waals surface area contributed by atoms with Crippen molar-refractivity contribution >= 4 is 31.6 Å². The summed E-state index contributed by atoms with van der Waals surface area (Å²) >= 11 is 3.36. The molecule has 0 saturated heterocycles. The Labute approximate surface area is 171 Å². The Morgan fingerprint density at radius 3 is 2.21 bits per heavy atom. The van der Waals surface area contributed by atoms with E-state index in [1.807, 2.05) is 66.7 Å². The van der Waals surface area contributed by atoms with Crippen LogP contribution >= 0.6 is 15.9 Å². The molecule has 0 aliphatic rings. The molecule has 0 saturated carbocycles. The number of sulfonamides is 1. The van der Waals surface area contributed by atoms with Gasteiger partial charge in [-0.25, -0.2) is 13.1 Å². The van der Waals surface area contributed by atoms with Gasteiger partial charge in [0, 0.05) is 15.7 Å². The molecular weight excluding hydrogens is 438 g/mol. The predicted octanol–water partition coefficient (Wildman–Crippen LogP) is 5.10. The number of aromatic nitrogens is 2. The number of nitrogens with one attached hydrogen (secondary N) is 1. The normalized spacial score (nSPS) is 11.3. The van der Waals surface area contributed by atoms with Crippen LogP contribution in [0.1, 0.15) is 0 Å². The highest BCUT2D eigenvalue weighted by atomic mass is 79.9. The van der Waals surface area contributed by atoms with Gasteiger partial charge in [-0.05, 0) is 30.3 Å². The maximum Gasteiger partial charge on any atom is 0.265 e. The summed E-state index contributed by atoms with van der Waals surface area (Å²) in [5.41, 5.74) is 2.38. The second-order valence-electron chi connectivity index (χ2n) is 6.10. The van der Waals surface area contributed by atoms with Crippen LogP contribution in [0.25, 0.3) is 16.9 Å². The summed E-state index contributed by atoms with van der Waals surface area (Å²) < 4.78 is 31.4. The SMILES string of the molecule is O=S(=O)(Nc1cccc(Br)c1)c1cn(-c2ccccc2)nc1-c1ccccc1. The van der Waals surface area contributed by atoms with Gasteiger partial charge >= 0.3 is 0 Å². The topological polar surface area (TPSA) is 64.0 Å². The molecule has 4 aromatic rings. The lowest BCUT2D eigenvalue weighted by atomic mass is 10.2.